The maximum absolute atomic E-state index is 14.8. The highest BCUT2D eigenvalue weighted by Gasteiger charge is 2.48. The van der Waals surface area contributed by atoms with Gasteiger partial charge in [-0.25, -0.2) is 27.2 Å². The molecule has 0 bridgehead atoms. The monoisotopic (exact) mass is 469 g/mol. The molecular formula is C20H18F7NO4. The number of dihydropyridines is 1. The van der Waals surface area contributed by atoms with Crippen molar-refractivity contribution in [2.45, 2.75) is 45.4 Å². The smallest absolute Gasteiger partial charge is 0.419 e. The van der Waals surface area contributed by atoms with Gasteiger partial charge >= 0.3 is 18.1 Å². The summed E-state index contributed by atoms with van der Waals surface area (Å²) in [6.45, 7) is 3.83. The van der Waals surface area contributed by atoms with Gasteiger partial charge in [0.1, 0.15) is 11.6 Å². The lowest BCUT2D eigenvalue weighted by Gasteiger charge is -2.32. The Morgan fingerprint density at radius 1 is 1.03 bits per heavy atom. The van der Waals surface area contributed by atoms with E-state index < -0.39 is 81.9 Å². The van der Waals surface area contributed by atoms with E-state index in [9.17, 15) is 40.3 Å². The molecule has 32 heavy (non-hydrogen) atoms. The zero-order valence-electron chi connectivity index (χ0n) is 17.2. The summed E-state index contributed by atoms with van der Waals surface area (Å²) in [4.78, 5) is 25.1. The Balaban J connectivity index is 3.03. The standard InChI is InChI=1S/C20H18F7NO4/c1-7(2)32-19(30)11-8(3)28-16(17(23)24)14(18(29)31-4)13(11)12-9(21)5-6-10(22)15(12)20(25,26)27/h5-7,13,17,28H,1-4H3. The highest BCUT2D eigenvalue weighted by molar-refractivity contribution is 6.00. The third kappa shape index (κ3) is 4.73. The summed E-state index contributed by atoms with van der Waals surface area (Å²) in [5.74, 6) is -8.89. The van der Waals surface area contributed by atoms with Crippen LogP contribution < -0.4 is 5.32 Å². The molecule has 0 aromatic heterocycles. The van der Waals surface area contributed by atoms with Gasteiger partial charge in [-0.15, -0.1) is 0 Å². The molecule has 2 rings (SSSR count). The number of alkyl halides is 5. The summed E-state index contributed by atoms with van der Waals surface area (Å²) in [7, 11) is 0.749. The lowest BCUT2D eigenvalue weighted by molar-refractivity contribution is -0.144. The van der Waals surface area contributed by atoms with Gasteiger partial charge in [-0.05, 0) is 32.9 Å². The van der Waals surface area contributed by atoms with Crippen LogP contribution in [0, 0.1) is 11.6 Å². The van der Waals surface area contributed by atoms with E-state index in [0.717, 1.165) is 14.0 Å². The van der Waals surface area contributed by atoms with Gasteiger partial charge in [-0.3, -0.25) is 0 Å². The minimum absolute atomic E-state index is 0.195. The maximum atomic E-state index is 14.8. The summed E-state index contributed by atoms with van der Waals surface area (Å²) in [5.41, 5.74) is -7.27. The predicted molar refractivity (Wildman–Crippen MR) is 96.2 cm³/mol. The van der Waals surface area contributed by atoms with E-state index in [1.807, 2.05) is 0 Å². The first-order valence-corrected chi connectivity index (χ1v) is 9.06. The van der Waals surface area contributed by atoms with E-state index in [1.54, 1.807) is 0 Å². The highest BCUT2D eigenvalue weighted by Crippen LogP contribution is 2.47. The first kappa shape index (κ1) is 25.2. The largest absolute Gasteiger partial charge is 0.466 e. The van der Waals surface area contributed by atoms with Crippen molar-refractivity contribution in [2.24, 2.45) is 0 Å². The van der Waals surface area contributed by atoms with Crippen molar-refractivity contribution in [3.05, 3.63) is 57.4 Å². The average molecular weight is 469 g/mol. The van der Waals surface area contributed by atoms with Crippen molar-refractivity contribution in [1.29, 1.82) is 0 Å². The van der Waals surface area contributed by atoms with Crippen molar-refractivity contribution >= 4 is 11.9 Å². The molecule has 0 saturated carbocycles. The number of carbonyl (C=O) groups excluding carboxylic acids is 2. The lowest BCUT2D eigenvalue weighted by atomic mass is 9.78. The average Bonchev–Trinajstić information content (AvgIpc) is 2.66. The van der Waals surface area contributed by atoms with Crippen molar-refractivity contribution in [2.75, 3.05) is 7.11 Å². The topological polar surface area (TPSA) is 64.6 Å². The first-order valence-electron chi connectivity index (χ1n) is 9.06. The predicted octanol–water partition coefficient (Wildman–Crippen LogP) is 4.59. The molecule has 1 N–H and O–H groups in total. The minimum atomic E-state index is -5.50. The van der Waals surface area contributed by atoms with Gasteiger partial charge in [0.05, 0.1) is 41.5 Å². The van der Waals surface area contributed by atoms with Gasteiger partial charge < -0.3 is 14.8 Å². The SMILES string of the molecule is COC(=O)C1=C(C(F)F)NC(C)=C(C(=O)OC(C)C)C1c1c(F)ccc(F)c1C(F)(F)F. The van der Waals surface area contributed by atoms with Gasteiger partial charge in [-0.1, -0.05) is 0 Å². The van der Waals surface area contributed by atoms with Crippen LogP contribution in [0.2, 0.25) is 0 Å². The Kier molecular flexibility index (Phi) is 7.26. The molecule has 1 aliphatic heterocycles. The molecule has 0 fully saturated rings. The fourth-order valence-corrected chi connectivity index (χ4v) is 3.34. The molecule has 1 unspecified atom stereocenters. The van der Waals surface area contributed by atoms with Crippen LogP contribution >= 0.6 is 0 Å². The molecule has 5 nitrogen and oxygen atoms in total. The van der Waals surface area contributed by atoms with E-state index in [-0.39, 0.29) is 6.07 Å². The number of hydrogen-bond donors (Lipinski definition) is 1. The number of methoxy groups -OCH3 is 1. The van der Waals surface area contributed by atoms with E-state index in [4.69, 9.17) is 4.74 Å². The zero-order valence-corrected chi connectivity index (χ0v) is 17.2. The fourth-order valence-electron chi connectivity index (χ4n) is 3.34. The van der Waals surface area contributed by atoms with E-state index in [0.29, 0.717) is 6.07 Å². The molecule has 176 valence electrons. The molecule has 1 atom stereocenters. The summed E-state index contributed by atoms with van der Waals surface area (Å²) >= 11 is 0. The molecule has 0 amide bonds. The lowest BCUT2D eigenvalue weighted by Crippen LogP contribution is -2.37. The molecule has 0 radical (unpaired) electrons. The number of hydrogen-bond acceptors (Lipinski definition) is 5. The van der Waals surface area contributed by atoms with Crippen LogP contribution in [0.3, 0.4) is 0 Å². The molecule has 12 heteroatoms. The molecule has 0 saturated heterocycles. The number of esters is 2. The van der Waals surface area contributed by atoms with E-state index >= 15 is 0 Å². The Hall–Kier alpha value is -3.05. The van der Waals surface area contributed by atoms with Crippen molar-refractivity contribution < 1.29 is 49.8 Å². The van der Waals surface area contributed by atoms with Gasteiger partial charge in [-0.2, -0.15) is 13.2 Å². The summed E-state index contributed by atoms with van der Waals surface area (Å²) in [6.07, 6.45) is -9.78. The second-order valence-corrected chi connectivity index (χ2v) is 6.99. The third-order valence-corrected chi connectivity index (χ3v) is 4.49. The van der Waals surface area contributed by atoms with Crippen LogP contribution in [0.4, 0.5) is 30.7 Å². The maximum Gasteiger partial charge on any atom is 0.419 e. The molecule has 0 aliphatic carbocycles. The quantitative estimate of drug-likeness (QED) is 0.505. The number of halogens is 7. The highest BCUT2D eigenvalue weighted by atomic mass is 19.4. The van der Waals surface area contributed by atoms with Crippen molar-refractivity contribution in [3.8, 4) is 0 Å². The normalized spacial score (nSPS) is 17.1. The van der Waals surface area contributed by atoms with Crippen LogP contribution in [0.15, 0.2) is 34.7 Å². The summed E-state index contributed by atoms with van der Waals surface area (Å²) in [5, 5.41) is 2.09. The van der Waals surface area contributed by atoms with E-state index in [2.05, 4.69) is 10.1 Å². The molecular weight excluding hydrogens is 451 g/mol. The van der Waals surface area contributed by atoms with Crippen LogP contribution in [0.1, 0.15) is 37.8 Å². The second kappa shape index (κ2) is 9.21. The first-order chi connectivity index (χ1) is 14.7. The van der Waals surface area contributed by atoms with Gasteiger partial charge in [0.25, 0.3) is 6.43 Å². The molecule has 1 aliphatic rings. The second-order valence-electron chi connectivity index (χ2n) is 6.99. The number of ether oxygens (including phenoxy) is 2. The van der Waals surface area contributed by atoms with Crippen LogP contribution in [-0.4, -0.2) is 31.6 Å². The number of benzene rings is 1. The van der Waals surface area contributed by atoms with Crippen molar-refractivity contribution in [1.82, 2.24) is 5.32 Å². The van der Waals surface area contributed by atoms with Crippen molar-refractivity contribution in [3.63, 3.8) is 0 Å². The van der Waals surface area contributed by atoms with Crippen LogP contribution in [-0.2, 0) is 25.2 Å². The Morgan fingerprint density at radius 2 is 1.59 bits per heavy atom. The van der Waals surface area contributed by atoms with Crippen LogP contribution in [0.5, 0.6) is 0 Å². The molecule has 0 spiro atoms. The Bertz CT molecular complexity index is 996. The summed E-state index contributed by atoms with van der Waals surface area (Å²) in [6, 6.07) is 0.528. The van der Waals surface area contributed by atoms with E-state index in [1.165, 1.54) is 13.8 Å². The fraction of sp³-hybridized carbons (Fsp3) is 0.400. The van der Waals surface area contributed by atoms with Gasteiger partial charge in [0, 0.05) is 11.3 Å². The third-order valence-electron chi connectivity index (χ3n) is 4.49. The molecule has 1 aromatic rings. The minimum Gasteiger partial charge on any atom is -0.466 e. The van der Waals surface area contributed by atoms with Crippen LogP contribution in [0.25, 0.3) is 0 Å². The van der Waals surface area contributed by atoms with Gasteiger partial charge in [0.15, 0.2) is 0 Å². The summed E-state index contributed by atoms with van der Waals surface area (Å²) < 4.78 is 107. The molecule has 1 heterocycles. The number of carbonyl (C=O) groups is 2. The number of rotatable bonds is 5. The zero-order chi connectivity index (χ0) is 24.5. The molecule has 1 aromatic carbocycles. The number of nitrogens with one attached hydrogen (secondary N) is 1. The Morgan fingerprint density at radius 3 is 2.06 bits per heavy atom. The Labute approximate surface area is 177 Å². The number of allylic oxidation sites excluding steroid dienone is 2. The van der Waals surface area contributed by atoms with Gasteiger partial charge in [0.2, 0.25) is 0 Å².